The van der Waals surface area contributed by atoms with Crippen LogP contribution in [-0.2, 0) is 33.4 Å². The highest BCUT2D eigenvalue weighted by molar-refractivity contribution is 5.93. The highest BCUT2D eigenvalue weighted by Gasteiger charge is 2.20. The minimum Gasteiger partial charge on any atom is -0.494 e. The van der Waals surface area contributed by atoms with E-state index in [9.17, 15) is 19.2 Å². The summed E-state index contributed by atoms with van der Waals surface area (Å²) >= 11 is 0. The maximum absolute atomic E-state index is 12.2. The van der Waals surface area contributed by atoms with Crippen LogP contribution in [0.1, 0.15) is 63.9 Å². The predicted molar refractivity (Wildman–Crippen MR) is 171 cm³/mol. The standard InChI is InChI=1S/C36H42O10/c1-26(2)35(39)44-24-23-42-29-14-11-28(12-15-29)13-20-33(37)45-32-18-16-30(17-19-32)41-21-7-8-22-43-36(40)27(3)25-34(38)46-31-9-5-4-6-10-31/h11-20,31H,1,3-10,21-25H2,2H3/b20-13+. The average molecular weight is 635 g/mol. The van der Waals surface area contributed by atoms with Crippen molar-refractivity contribution < 1.29 is 47.6 Å². The zero-order valence-corrected chi connectivity index (χ0v) is 26.3. The monoisotopic (exact) mass is 634 g/mol. The first-order valence-electron chi connectivity index (χ1n) is 15.4. The first kappa shape index (κ1) is 35.6. The lowest BCUT2D eigenvalue weighted by Gasteiger charge is -2.21. The summed E-state index contributed by atoms with van der Waals surface area (Å²) in [5.41, 5.74) is 1.19. The van der Waals surface area contributed by atoms with Gasteiger partial charge in [0.05, 0.1) is 19.6 Å². The minimum atomic E-state index is -0.596. The normalized spacial score (nSPS) is 13.0. The molecule has 0 aromatic heterocycles. The van der Waals surface area contributed by atoms with Crippen LogP contribution in [0.2, 0.25) is 0 Å². The molecule has 246 valence electrons. The Hall–Kier alpha value is -4.86. The van der Waals surface area contributed by atoms with Crippen LogP contribution < -0.4 is 14.2 Å². The van der Waals surface area contributed by atoms with Gasteiger partial charge in [-0.25, -0.2) is 14.4 Å². The van der Waals surface area contributed by atoms with E-state index in [1.807, 2.05) is 0 Å². The van der Waals surface area contributed by atoms with Gasteiger partial charge >= 0.3 is 23.9 Å². The zero-order chi connectivity index (χ0) is 33.1. The van der Waals surface area contributed by atoms with Gasteiger partial charge in [-0.1, -0.05) is 31.7 Å². The van der Waals surface area contributed by atoms with E-state index in [0.717, 1.165) is 37.7 Å². The van der Waals surface area contributed by atoms with E-state index < -0.39 is 23.9 Å². The highest BCUT2D eigenvalue weighted by Crippen LogP contribution is 2.22. The summed E-state index contributed by atoms with van der Waals surface area (Å²) in [6.45, 7) is 9.67. The molecule has 3 rings (SSSR count). The number of benzene rings is 2. The first-order valence-corrected chi connectivity index (χ1v) is 15.4. The molecule has 2 aromatic rings. The Morgan fingerprint density at radius 1 is 0.739 bits per heavy atom. The molecule has 46 heavy (non-hydrogen) atoms. The van der Waals surface area contributed by atoms with E-state index in [4.69, 9.17) is 28.4 Å². The van der Waals surface area contributed by atoms with Gasteiger partial charge < -0.3 is 28.4 Å². The fourth-order valence-electron chi connectivity index (χ4n) is 4.33. The summed E-state index contributed by atoms with van der Waals surface area (Å²) in [5, 5.41) is 0. The second-order valence-corrected chi connectivity index (χ2v) is 10.8. The third-order valence-electron chi connectivity index (χ3n) is 6.81. The van der Waals surface area contributed by atoms with Crippen molar-refractivity contribution in [3.05, 3.63) is 84.5 Å². The van der Waals surface area contributed by atoms with E-state index in [2.05, 4.69) is 13.2 Å². The minimum absolute atomic E-state index is 0.0588. The quantitative estimate of drug-likeness (QED) is 0.0604. The Morgan fingerprint density at radius 2 is 1.33 bits per heavy atom. The summed E-state index contributed by atoms with van der Waals surface area (Å²) in [7, 11) is 0. The van der Waals surface area contributed by atoms with Gasteiger partial charge in [-0.2, -0.15) is 0 Å². The van der Waals surface area contributed by atoms with E-state index in [0.29, 0.717) is 42.3 Å². The van der Waals surface area contributed by atoms with Gasteiger partial charge in [-0.05, 0) is 93.5 Å². The van der Waals surface area contributed by atoms with Crippen molar-refractivity contribution in [1.29, 1.82) is 0 Å². The van der Waals surface area contributed by atoms with Gasteiger partial charge in [0.1, 0.15) is 36.6 Å². The SMILES string of the molecule is C=C(C)C(=O)OCCOc1ccc(/C=C/C(=O)Oc2ccc(OCCCCOC(=O)C(=C)CC(=O)OC3CCCCC3)cc2)cc1. The zero-order valence-electron chi connectivity index (χ0n) is 26.3. The molecule has 0 radical (unpaired) electrons. The molecule has 0 bridgehead atoms. The third-order valence-corrected chi connectivity index (χ3v) is 6.81. The number of rotatable bonds is 18. The molecule has 1 saturated carbocycles. The number of hydrogen-bond acceptors (Lipinski definition) is 10. The van der Waals surface area contributed by atoms with Gasteiger partial charge in [-0.3, -0.25) is 4.79 Å². The third kappa shape index (κ3) is 13.8. The van der Waals surface area contributed by atoms with Crippen molar-refractivity contribution in [2.75, 3.05) is 26.4 Å². The maximum atomic E-state index is 12.2. The predicted octanol–water partition coefficient (Wildman–Crippen LogP) is 6.33. The van der Waals surface area contributed by atoms with Crippen molar-refractivity contribution in [3.63, 3.8) is 0 Å². The van der Waals surface area contributed by atoms with E-state index in [1.165, 1.54) is 6.08 Å². The van der Waals surface area contributed by atoms with Crippen molar-refractivity contribution in [3.8, 4) is 17.2 Å². The molecule has 0 unspecified atom stereocenters. The number of ether oxygens (including phenoxy) is 6. The summed E-state index contributed by atoms with van der Waals surface area (Å²) in [4.78, 5) is 47.8. The van der Waals surface area contributed by atoms with Crippen LogP contribution in [0.5, 0.6) is 17.2 Å². The average Bonchev–Trinajstić information content (AvgIpc) is 3.05. The number of hydrogen-bond donors (Lipinski definition) is 0. The van der Waals surface area contributed by atoms with Crippen molar-refractivity contribution >= 4 is 30.0 Å². The van der Waals surface area contributed by atoms with Gasteiger partial charge in [0.2, 0.25) is 0 Å². The molecule has 0 spiro atoms. The lowest BCUT2D eigenvalue weighted by Crippen LogP contribution is -2.22. The van der Waals surface area contributed by atoms with Crippen LogP contribution >= 0.6 is 0 Å². The van der Waals surface area contributed by atoms with Crippen LogP contribution in [0.4, 0.5) is 0 Å². The van der Waals surface area contributed by atoms with E-state index >= 15 is 0 Å². The number of carbonyl (C=O) groups excluding carboxylic acids is 4. The number of unbranched alkanes of at least 4 members (excludes halogenated alkanes) is 1. The van der Waals surface area contributed by atoms with Crippen LogP contribution in [0.25, 0.3) is 6.08 Å². The molecular weight excluding hydrogens is 592 g/mol. The summed E-state index contributed by atoms with van der Waals surface area (Å²) in [5.74, 6) is -0.454. The second-order valence-electron chi connectivity index (χ2n) is 10.8. The Labute approximate surface area is 269 Å². The number of carbonyl (C=O) groups is 4. The maximum Gasteiger partial charge on any atom is 0.336 e. The summed E-state index contributed by atoms with van der Waals surface area (Å²) in [6, 6.07) is 13.7. The Balaban J connectivity index is 1.25. The molecule has 2 aromatic carbocycles. The lowest BCUT2D eigenvalue weighted by atomic mass is 9.98. The van der Waals surface area contributed by atoms with Crippen LogP contribution in [0.3, 0.4) is 0 Å². The summed E-state index contributed by atoms with van der Waals surface area (Å²) in [6.07, 6.45) is 8.96. The van der Waals surface area contributed by atoms with Crippen LogP contribution in [-0.4, -0.2) is 56.4 Å². The first-order chi connectivity index (χ1) is 22.2. The molecule has 0 N–H and O–H groups in total. The van der Waals surface area contributed by atoms with Gasteiger partial charge in [0, 0.05) is 17.2 Å². The number of esters is 4. The Morgan fingerprint density at radius 3 is 2.00 bits per heavy atom. The lowest BCUT2D eigenvalue weighted by molar-refractivity contribution is -0.151. The molecule has 0 amide bonds. The fourth-order valence-corrected chi connectivity index (χ4v) is 4.33. The van der Waals surface area contributed by atoms with Gasteiger partial charge in [0.15, 0.2) is 0 Å². The van der Waals surface area contributed by atoms with Crippen molar-refractivity contribution in [2.45, 2.75) is 64.4 Å². The van der Waals surface area contributed by atoms with E-state index in [1.54, 1.807) is 61.5 Å². The topological polar surface area (TPSA) is 124 Å². The van der Waals surface area contributed by atoms with Gasteiger partial charge in [0.25, 0.3) is 0 Å². The van der Waals surface area contributed by atoms with Crippen LogP contribution in [0, 0.1) is 0 Å². The molecule has 0 heterocycles. The van der Waals surface area contributed by atoms with E-state index in [-0.39, 0.29) is 37.9 Å². The second kappa shape index (κ2) is 19.5. The van der Waals surface area contributed by atoms with Crippen molar-refractivity contribution in [1.82, 2.24) is 0 Å². The largest absolute Gasteiger partial charge is 0.494 e. The highest BCUT2D eigenvalue weighted by atomic mass is 16.6. The Kier molecular flexibility index (Phi) is 15.1. The molecule has 0 atom stereocenters. The summed E-state index contributed by atoms with van der Waals surface area (Å²) < 4.78 is 32.2. The molecule has 10 heteroatoms. The molecule has 10 nitrogen and oxygen atoms in total. The van der Waals surface area contributed by atoms with Crippen molar-refractivity contribution in [2.24, 2.45) is 0 Å². The van der Waals surface area contributed by atoms with Gasteiger partial charge in [-0.15, -0.1) is 0 Å². The molecule has 0 aliphatic heterocycles. The molecular formula is C36H42O10. The molecule has 1 aliphatic rings. The van der Waals surface area contributed by atoms with Crippen LogP contribution in [0.15, 0.2) is 78.9 Å². The molecule has 1 fully saturated rings. The fraction of sp³-hybridized carbons (Fsp3) is 0.389. The molecule has 1 aliphatic carbocycles. The molecule has 0 saturated heterocycles. The Bertz CT molecular complexity index is 1350. The smallest absolute Gasteiger partial charge is 0.336 e.